The number of hydrogen-bond acceptors (Lipinski definition) is 6. The molecular weight excluding hydrogens is 424 g/mol. The van der Waals surface area contributed by atoms with Crippen molar-refractivity contribution in [1.82, 2.24) is 15.1 Å². The van der Waals surface area contributed by atoms with Crippen LogP contribution in [0.3, 0.4) is 0 Å². The monoisotopic (exact) mass is 456 g/mol. The van der Waals surface area contributed by atoms with Gasteiger partial charge >= 0.3 is 12.1 Å². The van der Waals surface area contributed by atoms with Crippen LogP contribution in [0.4, 0.5) is 10.6 Å². The van der Waals surface area contributed by atoms with Crippen molar-refractivity contribution in [1.29, 1.82) is 0 Å². The van der Waals surface area contributed by atoms with Crippen molar-refractivity contribution in [2.45, 2.75) is 71.3 Å². The number of ether oxygens (including phenoxy) is 1. The smallest absolute Gasteiger partial charge is 0.410 e. The Labute approximate surface area is 193 Å². The van der Waals surface area contributed by atoms with E-state index in [1.807, 2.05) is 32.9 Å². The van der Waals surface area contributed by atoms with Gasteiger partial charge in [0, 0.05) is 18.5 Å². The lowest BCUT2D eigenvalue weighted by Crippen LogP contribution is -2.50. The van der Waals surface area contributed by atoms with E-state index in [9.17, 15) is 19.5 Å². The number of carbonyl (C=O) groups is 3. The highest BCUT2D eigenvalue weighted by Crippen LogP contribution is 2.57. The summed E-state index contributed by atoms with van der Waals surface area (Å²) in [6.45, 7) is 6.53. The molecule has 1 aromatic heterocycles. The van der Waals surface area contributed by atoms with E-state index in [2.05, 4.69) is 15.5 Å². The van der Waals surface area contributed by atoms with Crippen LogP contribution in [0.2, 0.25) is 0 Å². The normalized spacial score (nSPS) is 27.0. The first-order chi connectivity index (χ1) is 15.5. The van der Waals surface area contributed by atoms with Crippen LogP contribution >= 0.6 is 0 Å². The first kappa shape index (κ1) is 23.2. The molecule has 9 heteroatoms. The summed E-state index contributed by atoms with van der Waals surface area (Å²) in [6.07, 6.45) is 5.71. The minimum Gasteiger partial charge on any atom is -0.481 e. The molecule has 0 spiro atoms. The Bertz CT molecular complexity index is 955. The Hall–Kier alpha value is -2.97. The third-order valence-electron chi connectivity index (χ3n) is 7.28. The summed E-state index contributed by atoms with van der Waals surface area (Å²) in [5.41, 5.74) is 0.0474. The molecule has 0 aromatic carbocycles. The minimum absolute atomic E-state index is 0.0897. The number of aromatic nitrogens is 2. The maximum atomic E-state index is 13.0. The van der Waals surface area contributed by atoms with Gasteiger partial charge in [0.05, 0.1) is 11.1 Å². The van der Waals surface area contributed by atoms with Crippen molar-refractivity contribution in [3.05, 3.63) is 23.9 Å². The Kier molecular flexibility index (Phi) is 5.92. The van der Waals surface area contributed by atoms with Gasteiger partial charge in [-0.3, -0.25) is 9.59 Å². The number of rotatable bonds is 4. The second kappa shape index (κ2) is 8.43. The molecule has 0 radical (unpaired) electrons. The van der Waals surface area contributed by atoms with Crippen LogP contribution in [-0.4, -0.2) is 56.9 Å². The van der Waals surface area contributed by atoms with Crippen molar-refractivity contribution in [2.24, 2.45) is 10.8 Å². The van der Waals surface area contributed by atoms with E-state index in [4.69, 9.17) is 4.74 Å². The molecule has 1 aromatic rings. The molecule has 1 aliphatic heterocycles. The third-order valence-corrected chi connectivity index (χ3v) is 7.28. The van der Waals surface area contributed by atoms with Crippen LogP contribution < -0.4 is 5.32 Å². The summed E-state index contributed by atoms with van der Waals surface area (Å²) in [5, 5.41) is 20.9. The first-order valence-corrected chi connectivity index (χ1v) is 11.6. The van der Waals surface area contributed by atoms with Crippen LogP contribution in [0.1, 0.15) is 71.4 Å². The molecule has 3 aliphatic carbocycles. The number of hydrogen-bond donors (Lipinski definition) is 2. The molecule has 5 rings (SSSR count). The van der Waals surface area contributed by atoms with E-state index in [1.54, 1.807) is 11.0 Å². The summed E-state index contributed by atoms with van der Waals surface area (Å²) in [5.74, 6) is -0.428. The molecule has 3 fully saturated rings. The summed E-state index contributed by atoms with van der Waals surface area (Å²) in [6, 6.07) is 3.57. The van der Waals surface area contributed by atoms with Gasteiger partial charge in [-0.2, -0.15) is 0 Å². The van der Waals surface area contributed by atoms with Crippen molar-refractivity contribution in [2.75, 3.05) is 18.4 Å². The largest absolute Gasteiger partial charge is 0.481 e. The molecule has 3 saturated carbocycles. The highest BCUT2D eigenvalue weighted by Gasteiger charge is 2.55. The van der Waals surface area contributed by atoms with Crippen LogP contribution in [0, 0.1) is 10.8 Å². The zero-order valence-electron chi connectivity index (χ0n) is 19.5. The van der Waals surface area contributed by atoms with Crippen LogP contribution in [0.5, 0.6) is 0 Å². The number of carbonyl (C=O) groups excluding carboxylic acids is 2. The Morgan fingerprint density at radius 3 is 2.15 bits per heavy atom. The fourth-order valence-corrected chi connectivity index (χ4v) is 5.06. The molecule has 2 amide bonds. The lowest BCUT2D eigenvalue weighted by molar-refractivity contribution is -0.162. The van der Waals surface area contributed by atoms with Gasteiger partial charge < -0.3 is 20.1 Å². The predicted octanol–water partition coefficient (Wildman–Crippen LogP) is 3.86. The van der Waals surface area contributed by atoms with Crippen molar-refractivity contribution >= 4 is 29.4 Å². The molecule has 2 N–H and O–H groups in total. The number of carboxylic acids is 1. The first-order valence-electron chi connectivity index (χ1n) is 11.6. The van der Waals surface area contributed by atoms with Gasteiger partial charge in [-0.05, 0) is 83.4 Å². The van der Waals surface area contributed by atoms with E-state index < -0.39 is 22.4 Å². The maximum absolute atomic E-state index is 13.0. The third kappa shape index (κ3) is 4.72. The highest BCUT2D eigenvalue weighted by molar-refractivity contribution is 5.95. The number of nitrogens with zero attached hydrogens (tertiary/aromatic N) is 3. The molecule has 4 aliphatic rings. The second-order valence-corrected chi connectivity index (χ2v) is 10.5. The number of aliphatic carboxylic acids is 1. The molecular formula is C24H32N4O5. The topological polar surface area (TPSA) is 122 Å². The number of nitrogens with one attached hydrogen (secondary N) is 1. The molecule has 178 valence electrons. The van der Waals surface area contributed by atoms with Gasteiger partial charge in [0.15, 0.2) is 5.82 Å². The molecule has 9 nitrogen and oxygen atoms in total. The Balaban J connectivity index is 1.34. The van der Waals surface area contributed by atoms with Crippen LogP contribution in [0.15, 0.2) is 18.2 Å². The summed E-state index contributed by atoms with van der Waals surface area (Å²) < 4.78 is 5.42. The van der Waals surface area contributed by atoms with Crippen molar-refractivity contribution < 1.29 is 24.2 Å². The molecule has 0 saturated heterocycles. The van der Waals surface area contributed by atoms with Crippen LogP contribution in [0.25, 0.3) is 5.57 Å². The minimum atomic E-state index is -0.733. The van der Waals surface area contributed by atoms with Gasteiger partial charge in [-0.15, -0.1) is 10.2 Å². The molecule has 2 heterocycles. The zero-order valence-corrected chi connectivity index (χ0v) is 19.5. The predicted molar refractivity (Wildman–Crippen MR) is 121 cm³/mol. The van der Waals surface area contributed by atoms with Gasteiger partial charge in [0.1, 0.15) is 5.60 Å². The molecule has 0 atom stereocenters. The Morgan fingerprint density at radius 1 is 1.03 bits per heavy atom. The molecule has 2 bridgehead atoms. The van der Waals surface area contributed by atoms with E-state index in [-0.39, 0.29) is 12.0 Å². The number of carboxylic acid groups (broad SMARTS) is 1. The fourth-order valence-electron chi connectivity index (χ4n) is 5.06. The van der Waals surface area contributed by atoms with E-state index in [0.717, 1.165) is 11.3 Å². The standard InChI is InChI=1S/C24H32N4O5/c1-22(2,3)33-21(32)28-14-6-16(7-15-28)17-4-5-18(27-26-17)25-19(29)23-8-11-24(12-9-23,13-10-23)20(30)31/h4-6H,7-15H2,1-3H3,(H,30,31)(H,25,27,29). The molecule has 0 unspecified atom stereocenters. The maximum Gasteiger partial charge on any atom is 0.410 e. The molecule has 33 heavy (non-hydrogen) atoms. The lowest BCUT2D eigenvalue weighted by atomic mass is 9.53. The van der Waals surface area contributed by atoms with E-state index in [1.165, 1.54) is 0 Å². The van der Waals surface area contributed by atoms with Gasteiger partial charge in [0.2, 0.25) is 5.91 Å². The quantitative estimate of drug-likeness (QED) is 0.705. The SMILES string of the molecule is CC(C)(C)OC(=O)N1CC=C(c2ccc(NC(=O)C34CCC(C(=O)O)(CC3)CC4)nn2)CC1. The summed E-state index contributed by atoms with van der Waals surface area (Å²) in [7, 11) is 0. The average Bonchev–Trinajstić information content (AvgIpc) is 2.80. The number of anilines is 1. The zero-order chi connectivity index (χ0) is 23.9. The van der Waals surface area contributed by atoms with Crippen LogP contribution in [-0.2, 0) is 14.3 Å². The number of fused-ring (bicyclic) bond motifs is 3. The summed E-state index contributed by atoms with van der Waals surface area (Å²) >= 11 is 0. The van der Waals surface area contributed by atoms with Gasteiger partial charge in [0.25, 0.3) is 0 Å². The van der Waals surface area contributed by atoms with Crippen molar-refractivity contribution in [3.63, 3.8) is 0 Å². The van der Waals surface area contributed by atoms with E-state index in [0.29, 0.717) is 63.9 Å². The van der Waals surface area contributed by atoms with Crippen molar-refractivity contribution in [3.8, 4) is 0 Å². The second-order valence-electron chi connectivity index (χ2n) is 10.5. The van der Waals surface area contributed by atoms with Gasteiger partial charge in [-0.25, -0.2) is 4.79 Å². The lowest BCUT2D eigenvalue weighted by Gasteiger charge is -2.50. The highest BCUT2D eigenvalue weighted by atomic mass is 16.6. The van der Waals surface area contributed by atoms with E-state index >= 15 is 0 Å². The number of amides is 2. The average molecular weight is 457 g/mol. The van der Waals surface area contributed by atoms with Gasteiger partial charge in [-0.1, -0.05) is 6.08 Å². The summed E-state index contributed by atoms with van der Waals surface area (Å²) in [4.78, 5) is 38.5. The Morgan fingerprint density at radius 2 is 1.67 bits per heavy atom. The fraction of sp³-hybridized carbons (Fsp3) is 0.625.